The van der Waals surface area contributed by atoms with Crippen LogP contribution in [-0.4, -0.2) is 75.5 Å². The Labute approximate surface area is 225 Å². The Hall–Kier alpha value is -5.00. The first-order chi connectivity index (χ1) is 19.0. The van der Waals surface area contributed by atoms with Crippen LogP contribution in [0.5, 0.6) is 0 Å². The lowest BCUT2D eigenvalue weighted by Crippen LogP contribution is -2.43. The third-order valence-corrected chi connectivity index (χ3v) is 6.18. The molecule has 1 atom stereocenters. The van der Waals surface area contributed by atoms with Gasteiger partial charge in [0.25, 0.3) is 23.6 Å². The number of hydroxylamine groups is 2. The van der Waals surface area contributed by atoms with Crippen LogP contribution in [0, 0.1) is 11.3 Å². The van der Waals surface area contributed by atoms with Gasteiger partial charge in [0.1, 0.15) is 6.04 Å². The van der Waals surface area contributed by atoms with Gasteiger partial charge in [0.15, 0.2) is 0 Å². The maximum atomic E-state index is 13.6. The molecule has 208 valence electrons. The zero-order chi connectivity index (χ0) is 29.0. The van der Waals surface area contributed by atoms with E-state index in [1.165, 1.54) is 24.4 Å². The molecule has 13 nitrogen and oxygen atoms in total. The molecule has 2 aliphatic heterocycles. The number of nitriles is 1. The zero-order valence-corrected chi connectivity index (χ0v) is 20.8. The van der Waals surface area contributed by atoms with Crippen molar-refractivity contribution in [2.45, 2.75) is 44.1 Å². The van der Waals surface area contributed by atoms with E-state index < -0.39 is 73.4 Å². The second-order valence-electron chi connectivity index (χ2n) is 9.06. The molecule has 2 N–H and O–H groups in total. The molecule has 0 aliphatic carbocycles. The maximum Gasteiger partial charge on any atom is 0.333 e. The van der Waals surface area contributed by atoms with Crippen molar-refractivity contribution in [3.63, 3.8) is 0 Å². The summed E-state index contributed by atoms with van der Waals surface area (Å²) in [7, 11) is 0. The van der Waals surface area contributed by atoms with Gasteiger partial charge in [-0.3, -0.25) is 29.0 Å². The van der Waals surface area contributed by atoms with Crippen molar-refractivity contribution in [1.29, 1.82) is 5.26 Å². The van der Waals surface area contributed by atoms with Gasteiger partial charge in [-0.1, -0.05) is 12.1 Å². The van der Waals surface area contributed by atoms with Crippen molar-refractivity contribution < 1.29 is 42.4 Å². The number of anilines is 1. The molecule has 0 saturated carbocycles. The summed E-state index contributed by atoms with van der Waals surface area (Å²) in [6.07, 6.45) is -0.355. The molecule has 2 saturated heterocycles. The largest absolute Gasteiger partial charge is 0.343 e. The summed E-state index contributed by atoms with van der Waals surface area (Å²) >= 11 is 0. The van der Waals surface area contributed by atoms with E-state index in [0.29, 0.717) is 10.4 Å². The van der Waals surface area contributed by atoms with E-state index in [1.54, 1.807) is 12.1 Å². The smallest absolute Gasteiger partial charge is 0.333 e. The number of halogens is 2. The number of rotatable bonds is 8. The molecule has 40 heavy (non-hydrogen) atoms. The van der Waals surface area contributed by atoms with Crippen LogP contribution in [0.1, 0.15) is 42.5 Å². The number of hydrogen-bond acceptors (Lipinski definition) is 9. The molecular formula is C25H22F2N6O7. The summed E-state index contributed by atoms with van der Waals surface area (Å²) < 4.78 is 27.3. The fraction of sp³-hybridized carbons (Fsp3) is 0.360. The Kier molecular flexibility index (Phi) is 7.98. The van der Waals surface area contributed by atoms with Gasteiger partial charge in [0.2, 0.25) is 11.8 Å². The number of carbonyl (C=O) groups is 6. The van der Waals surface area contributed by atoms with Gasteiger partial charge in [0.05, 0.1) is 42.3 Å². The number of para-hydroxylation sites is 1. The van der Waals surface area contributed by atoms with E-state index in [0.717, 1.165) is 4.90 Å². The first kappa shape index (κ1) is 28.0. The molecule has 1 aromatic carbocycles. The fourth-order valence-corrected chi connectivity index (χ4v) is 4.26. The minimum atomic E-state index is -3.19. The molecule has 0 bridgehead atoms. The van der Waals surface area contributed by atoms with Crippen molar-refractivity contribution in [2.24, 2.45) is 0 Å². The second-order valence-corrected chi connectivity index (χ2v) is 9.06. The summed E-state index contributed by atoms with van der Waals surface area (Å²) in [5.74, 6) is -7.57. The van der Waals surface area contributed by atoms with Crippen LogP contribution in [0.15, 0.2) is 30.5 Å². The number of alkyl halides is 2. The van der Waals surface area contributed by atoms with Crippen molar-refractivity contribution in [1.82, 2.24) is 20.3 Å². The second kappa shape index (κ2) is 11.4. The van der Waals surface area contributed by atoms with Crippen molar-refractivity contribution in [2.75, 3.05) is 18.4 Å². The van der Waals surface area contributed by atoms with Crippen molar-refractivity contribution in [3.05, 3.63) is 36.0 Å². The first-order valence-corrected chi connectivity index (χ1v) is 12.1. The molecule has 15 heteroatoms. The standard InChI is InChI=1S/C25H22F2N6O7/c26-25(27)10-14(11-28)32(13-25)21(37)12-30-24(39)16-8-9-29-23-15(16)2-1-3-17(23)31-18(34)4-7-22(38)40-33-19(35)5-6-20(33)36/h1-3,8-9,14H,4-7,10,12-13H2,(H,30,39)(H,31,34)/t14-/m0/s1. The predicted octanol–water partition coefficient (Wildman–Crippen LogP) is 1.05. The molecule has 2 aromatic rings. The molecule has 0 unspecified atom stereocenters. The number of pyridine rings is 1. The lowest BCUT2D eigenvalue weighted by Gasteiger charge is -2.19. The van der Waals surface area contributed by atoms with Crippen molar-refractivity contribution >= 4 is 52.1 Å². The van der Waals surface area contributed by atoms with E-state index in [4.69, 9.17) is 10.1 Å². The Bertz CT molecular complexity index is 1440. The number of nitrogens with zero attached hydrogens (tertiary/aromatic N) is 4. The van der Waals surface area contributed by atoms with Gasteiger partial charge in [0, 0.05) is 37.3 Å². The highest BCUT2D eigenvalue weighted by Crippen LogP contribution is 2.31. The van der Waals surface area contributed by atoms with Crippen LogP contribution in [0.3, 0.4) is 0 Å². The average molecular weight is 556 g/mol. The van der Waals surface area contributed by atoms with E-state index in [1.807, 2.05) is 0 Å². The SMILES string of the molecule is N#C[C@@H]1CC(F)(F)CN1C(=O)CNC(=O)c1ccnc2c(NC(=O)CCC(=O)ON3C(=O)CCC3=O)cccc12. The van der Waals surface area contributed by atoms with Crippen LogP contribution in [0.25, 0.3) is 10.9 Å². The highest BCUT2D eigenvalue weighted by molar-refractivity contribution is 6.10. The molecule has 0 spiro atoms. The number of carbonyl (C=O) groups excluding carboxylic acids is 6. The van der Waals surface area contributed by atoms with Crippen LogP contribution in [0.4, 0.5) is 14.5 Å². The monoisotopic (exact) mass is 556 g/mol. The summed E-state index contributed by atoms with van der Waals surface area (Å²) in [5, 5.41) is 14.7. The van der Waals surface area contributed by atoms with E-state index in [9.17, 15) is 37.5 Å². The number of imide groups is 1. The van der Waals surface area contributed by atoms with Crippen molar-refractivity contribution in [3.8, 4) is 6.07 Å². The highest BCUT2D eigenvalue weighted by atomic mass is 19.3. The number of nitrogens with one attached hydrogen (secondary N) is 2. The van der Waals surface area contributed by atoms with Crippen LogP contribution < -0.4 is 10.6 Å². The lowest BCUT2D eigenvalue weighted by atomic mass is 10.1. The zero-order valence-electron chi connectivity index (χ0n) is 20.8. The quantitative estimate of drug-likeness (QED) is 0.450. The Morgan fingerprint density at radius 2 is 1.85 bits per heavy atom. The molecule has 3 heterocycles. The Balaban J connectivity index is 1.37. The van der Waals surface area contributed by atoms with E-state index in [-0.39, 0.29) is 36.0 Å². The molecule has 1 aromatic heterocycles. The number of hydrogen-bond donors (Lipinski definition) is 2. The third-order valence-electron chi connectivity index (χ3n) is 6.18. The Morgan fingerprint density at radius 3 is 2.55 bits per heavy atom. The number of aromatic nitrogens is 1. The van der Waals surface area contributed by atoms with Gasteiger partial charge in [-0.05, 0) is 12.1 Å². The molecule has 2 aliphatic rings. The van der Waals surface area contributed by atoms with Crippen LogP contribution >= 0.6 is 0 Å². The maximum absolute atomic E-state index is 13.6. The summed E-state index contributed by atoms with van der Waals surface area (Å²) in [6, 6.07) is 6.33. The van der Waals surface area contributed by atoms with Crippen LogP contribution in [0.2, 0.25) is 0 Å². The number of fused-ring (bicyclic) bond motifs is 1. The van der Waals surface area contributed by atoms with Gasteiger partial charge < -0.3 is 20.4 Å². The molecule has 0 radical (unpaired) electrons. The van der Waals surface area contributed by atoms with Gasteiger partial charge in [-0.25, -0.2) is 13.6 Å². The summed E-state index contributed by atoms with van der Waals surface area (Å²) in [6.45, 7) is -1.52. The fourth-order valence-electron chi connectivity index (χ4n) is 4.26. The van der Waals surface area contributed by atoms with Gasteiger partial charge in [-0.15, -0.1) is 5.06 Å². The highest BCUT2D eigenvalue weighted by Gasteiger charge is 2.47. The van der Waals surface area contributed by atoms with Gasteiger partial charge >= 0.3 is 5.97 Å². The summed E-state index contributed by atoms with van der Waals surface area (Å²) in [5.41, 5.74) is 0.512. The molecule has 5 amide bonds. The minimum Gasteiger partial charge on any atom is -0.343 e. The number of benzene rings is 1. The Morgan fingerprint density at radius 1 is 1.12 bits per heavy atom. The average Bonchev–Trinajstić information content (AvgIpc) is 3.42. The molecule has 4 rings (SSSR count). The minimum absolute atomic E-state index is 0.0595. The van der Waals surface area contributed by atoms with Crippen LogP contribution in [-0.2, 0) is 28.8 Å². The number of likely N-dealkylation sites (tertiary alicyclic amines) is 1. The lowest BCUT2D eigenvalue weighted by molar-refractivity contribution is -0.197. The van der Waals surface area contributed by atoms with E-state index in [2.05, 4.69) is 15.6 Å². The topological polar surface area (TPSA) is 179 Å². The predicted molar refractivity (Wildman–Crippen MR) is 130 cm³/mol. The third kappa shape index (κ3) is 6.17. The molecule has 2 fully saturated rings. The normalized spacial score (nSPS) is 18.0. The summed E-state index contributed by atoms with van der Waals surface area (Å²) in [4.78, 5) is 82.4. The van der Waals surface area contributed by atoms with E-state index >= 15 is 0 Å². The molecular weight excluding hydrogens is 534 g/mol. The first-order valence-electron chi connectivity index (χ1n) is 12.1. The van der Waals surface area contributed by atoms with Gasteiger partial charge in [-0.2, -0.15) is 5.26 Å². The number of amides is 5.